The smallest absolute Gasteiger partial charge is 0.174 e. The van der Waals surface area contributed by atoms with Gasteiger partial charge in [-0.05, 0) is 34.1 Å². The van der Waals surface area contributed by atoms with Crippen LogP contribution in [0.4, 0.5) is 13.2 Å². The third-order valence-corrected chi connectivity index (χ3v) is 3.64. The standard InChI is InChI=1S/C15H17F3O2/c1-14(2)7-9(15(3,4)20-14)13(19)12-10(17)5-8(16)6-11(12)18/h5-6,9H,7H2,1-4H3. The van der Waals surface area contributed by atoms with Gasteiger partial charge in [0.15, 0.2) is 5.78 Å². The summed E-state index contributed by atoms with van der Waals surface area (Å²) in [4.78, 5) is 12.4. The van der Waals surface area contributed by atoms with Crippen molar-refractivity contribution in [3.8, 4) is 0 Å². The van der Waals surface area contributed by atoms with E-state index in [-0.39, 0.29) is 0 Å². The van der Waals surface area contributed by atoms with Crippen LogP contribution in [0.1, 0.15) is 44.5 Å². The minimum Gasteiger partial charge on any atom is -0.369 e. The van der Waals surface area contributed by atoms with Gasteiger partial charge < -0.3 is 4.74 Å². The van der Waals surface area contributed by atoms with Gasteiger partial charge in [0.1, 0.15) is 17.5 Å². The van der Waals surface area contributed by atoms with E-state index in [0.29, 0.717) is 18.6 Å². The summed E-state index contributed by atoms with van der Waals surface area (Å²) in [5.41, 5.74) is -2.06. The molecule has 110 valence electrons. The first kappa shape index (κ1) is 15.0. The zero-order chi connectivity index (χ0) is 15.3. The number of ether oxygens (including phenoxy) is 1. The Morgan fingerprint density at radius 3 is 2.05 bits per heavy atom. The van der Waals surface area contributed by atoms with Crippen LogP contribution in [0.25, 0.3) is 0 Å². The Balaban J connectivity index is 2.43. The van der Waals surface area contributed by atoms with E-state index in [2.05, 4.69) is 0 Å². The molecule has 1 unspecified atom stereocenters. The molecule has 2 rings (SSSR count). The molecule has 0 aliphatic carbocycles. The third-order valence-electron chi connectivity index (χ3n) is 3.64. The van der Waals surface area contributed by atoms with E-state index >= 15 is 0 Å². The minimum absolute atomic E-state index is 0.356. The number of rotatable bonds is 2. The summed E-state index contributed by atoms with van der Waals surface area (Å²) in [6.45, 7) is 7.06. The lowest BCUT2D eigenvalue weighted by Gasteiger charge is -2.26. The molecule has 0 saturated carbocycles. The van der Waals surface area contributed by atoms with Crippen LogP contribution in [-0.2, 0) is 4.74 Å². The highest BCUT2D eigenvalue weighted by atomic mass is 19.1. The Morgan fingerprint density at radius 2 is 1.65 bits per heavy atom. The largest absolute Gasteiger partial charge is 0.369 e. The topological polar surface area (TPSA) is 26.3 Å². The highest BCUT2D eigenvalue weighted by Gasteiger charge is 2.50. The fraction of sp³-hybridized carbons (Fsp3) is 0.533. The van der Waals surface area contributed by atoms with Crippen LogP contribution in [0.2, 0.25) is 0 Å². The summed E-state index contributed by atoms with van der Waals surface area (Å²) in [6, 6.07) is 1.04. The molecule has 2 nitrogen and oxygen atoms in total. The first-order chi connectivity index (χ1) is 9.03. The number of carbonyl (C=O) groups excluding carboxylic acids is 1. The van der Waals surface area contributed by atoms with Gasteiger partial charge in [0.25, 0.3) is 0 Å². The molecule has 0 aromatic heterocycles. The average molecular weight is 286 g/mol. The van der Waals surface area contributed by atoms with Crippen molar-refractivity contribution in [3.63, 3.8) is 0 Å². The fourth-order valence-corrected chi connectivity index (χ4v) is 2.92. The van der Waals surface area contributed by atoms with Gasteiger partial charge in [0.2, 0.25) is 0 Å². The number of benzene rings is 1. The lowest BCUT2D eigenvalue weighted by atomic mass is 9.81. The highest BCUT2D eigenvalue weighted by Crippen LogP contribution is 2.43. The van der Waals surface area contributed by atoms with Gasteiger partial charge in [0, 0.05) is 12.1 Å². The highest BCUT2D eigenvalue weighted by molar-refractivity contribution is 5.99. The zero-order valence-electron chi connectivity index (χ0n) is 11.9. The number of Topliss-reactive ketones (excluding diaryl/α,β-unsaturated/α-hetero) is 1. The summed E-state index contributed by atoms with van der Waals surface area (Å²) >= 11 is 0. The maximum Gasteiger partial charge on any atom is 0.174 e. The number of ketones is 1. The molecule has 1 aromatic carbocycles. The van der Waals surface area contributed by atoms with Crippen LogP contribution >= 0.6 is 0 Å². The second-order valence-electron chi connectivity index (χ2n) is 6.33. The van der Waals surface area contributed by atoms with Crippen molar-refractivity contribution in [2.45, 2.75) is 45.3 Å². The van der Waals surface area contributed by atoms with Crippen LogP contribution in [0, 0.1) is 23.4 Å². The second kappa shape index (κ2) is 4.58. The molecule has 1 heterocycles. The van der Waals surface area contributed by atoms with Crippen molar-refractivity contribution in [2.24, 2.45) is 5.92 Å². The Kier molecular flexibility index (Phi) is 3.45. The quantitative estimate of drug-likeness (QED) is 0.771. The SMILES string of the molecule is CC1(C)CC(C(=O)c2c(F)cc(F)cc2F)C(C)(C)O1. The predicted molar refractivity (Wildman–Crippen MR) is 68.0 cm³/mol. The van der Waals surface area contributed by atoms with E-state index in [0.717, 1.165) is 0 Å². The first-order valence-electron chi connectivity index (χ1n) is 6.42. The summed E-state index contributed by atoms with van der Waals surface area (Å²) < 4.78 is 46.1. The van der Waals surface area contributed by atoms with Crippen molar-refractivity contribution in [1.29, 1.82) is 0 Å². The van der Waals surface area contributed by atoms with Gasteiger partial charge in [-0.15, -0.1) is 0 Å². The number of carbonyl (C=O) groups is 1. The predicted octanol–water partition coefficient (Wildman–Crippen LogP) is 3.88. The normalized spacial score (nSPS) is 23.9. The van der Waals surface area contributed by atoms with E-state index in [9.17, 15) is 18.0 Å². The monoisotopic (exact) mass is 286 g/mol. The number of halogens is 3. The molecule has 0 spiro atoms. The molecular weight excluding hydrogens is 269 g/mol. The molecule has 20 heavy (non-hydrogen) atoms. The van der Waals surface area contributed by atoms with E-state index in [1.807, 2.05) is 13.8 Å². The van der Waals surface area contributed by atoms with Crippen molar-refractivity contribution >= 4 is 5.78 Å². The molecule has 1 fully saturated rings. The lowest BCUT2D eigenvalue weighted by Crippen LogP contribution is -2.34. The Hall–Kier alpha value is -1.36. The fourth-order valence-electron chi connectivity index (χ4n) is 2.92. The molecule has 1 aliphatic rings. The summed E-state index contributed by atoms with van der Waals surface area (Å²) in [6.07, 6.45) is 0.356. The molecule has 0 radical (unpaired) electrons. The zero-order valence-corrected chi connectivity index (χ0v) is 11.9. The summed E-state index contributed by atoms with van der Waals surface area (Å²) in [7, 11) is 0. The van der Waals surface area contributed by atoms with Gasteiger partial charge in [0.05, 0.1) is 22.7 Å². The van der Waals surface area contributed by atoms with E-state index < -0.39 is 45.9 Å². The minimum atomic E-state index is -1.17. The molecule has 5 heteroatoms. The number of hydrogen-bond acceptors (Lipinski definition) is 2. The molecule has 1 saturated heterocycles. The lowest BCUT2D eigenvalue weighted by molar-refractivity contribution is -0.0712. The molecular formula is C15H17F3O2. The maximum atomic E-state index is 13.7. The first-order valence-corrected chi connectivity index (χ1v) is 6.42. The van der Waals surface area contributed by atoms with Crippen molar-refractivity contribution < 1.29 is 22.7 Å². The van der Waals surface area contributed by atoms with E-state index in [1.54, 1.807) is 13.8 Å². The van der Waals surface area contributed by atoms with Crippen LogP contribution in [0.5, 0.6) is 0 Å². The second-order valence-corrected chi connectivity index (χ2v) is 6.33. The van der Waals surface area contributed by atoms with Gasteiger partial charge in [-0.25, -0.2) is 13.2 Å². The molecule has 0 bridgehead atoms. The van der Waals surface area contributed by atoms with Gasteiger partial charge in [-0.3, -0.25) is 4.79 Å². The third kappa shape index (κ3) is 2.59. The van der Waals surface area contributed by atoms with Crippen LogP contribution in [0.15, 0.2) is 12.1 Å². The van der Waals surface area contributed by atoms with Crippen molar-refractivity contribution in [2.75, 3.05) is 0 Å². The van der Waals surface area contributed by atoms with Crippen LogP contribution in [0.3, 0.4) is 0 Å². The Morgan fingerprint density at radius 1 is 1.15 bits per heavy atom. The molecule has 1 atom stereocenters. The summed E-state index contributed by atoms with van der Waals surface area (Å²) in [5, 5.41) is 0. The van der Waals surface area contributed by atoms with Crippen molar-refractivity contribution in [3.05, 3.63) is 35.1 Å². The molecule has 1 aromatic rings. The summed E-state index contributed by atoms with van der Waals surface area (Å²) in [5.74, 6) is -4.75. The van der Waals surface area contributed by atoms with Gasteiger partial charge in [-0.1, -0.05) is 0 Å². The Bertz CT molecular complexity index is 541. The van der Waals surface area contributed by atoms with E-state index in [1.165, 1.54) is 0 Å². The number of hydrogen-bond donors (Lipinski definition) is 0. The van der Waals surface area contributed by atoms with Gasteiger partial charge in [-0.2, -0.15) is 0 Å². The molecule has 1 aliphatic heterocycles. The average Bonchev–Trinajstić information content (AvgIpc) is 2.44. The maximum absolute atomic E-state index is 13.7. The van der Waals surface area contributed by atoms with Crippen molar-refractivity contribution in [1.82, 2.24) is 0 Å². The molecule has 0 amide bonds. The molecule has 0 N–H and O–H groups in total. The Labute approximate surface area is 115 Å². The van der Waals surface area contributed by atoms with Crippen LogP contribution < -0.4 is 0 Å². The van der Waals surface area contributed by atoms with E-state index in [4.69, 9.17) is 4.74 Å². The van der Waals surface area contributed by atoms with Crippen LogP contribution in [-0.4, -0.2) is 17.0 Å². The van der Waals surface area contributed by atoms with Gasteiger partial charge >= 0.3 is 0 Å².